The summed E-state index contributed by atoms with van der Waals surface area (Å²) in [5, 5.41) is 36.5. The molecule has 0 unspecified atom stereocenters. The first kappa shape index (κ1) is 27.9. The first-order valence-corrected chi connectivity index (χ1v) is 11.6. The van der Waals surface area contributed by atoms with E-state index in [1.54, 1.807) is 34.7 Å². The van der Waals surface area contributed by atoms with Gasteiger partial charge in [-0.1, -0.05) is 72.9 Å². The average Bonchev–Trinajstić information content (AvgIpc) is 2.90. The van der Waals surface area contributed by atoms with E-state index in [-0.39, 0.29) is 17.1 Å². The van der Waals surface area contributed by atoms with Crippen molar-refractivity contribution in [2.75, 3.05) is 0 Å². The van der Waals surface area contributed by atoms with Gasteiger partial charge in [-0.3, -0.25) is 0 Å². The van der Waals surface area contributed by atoms with E-state index in [0.717, 1.165) is 43.6 Å². The molecule has 2 aromatic rings. The molecule has 0 amide bonds. The van der Waals surface area contributed by atoms with Crippen LogP contribution in [0.3, 0.4) is 0 Å². The zero-order valence-corrected chi connectivity index (χ0v) is 22.4. The van der Waals surface area contributed by atoms with Crippen LogP contribution in [-0.4, -0.2) is 32.0 Å². The summed E-state index contributed by atoms with van der Waals surface area (Å²) in [6.45, 7) is 0. The molecule has 0 saturated carbocycles. The first-order valence-electron chi connectivity index (χ1n) is 9.93. The van der Waals surface area contributed by atoms with Gasteiger partial charge in [-0.05, 0) is 20.9 Å². The Morgan fingerprint density at radius 1 is 0.486 bits per heavy atom. The Labute approximate surface area is 231 Å². The molecule has 6 nitrogen and oxygen atoms in total. The third-order valence-electron chi connectivity index (χ3n) is 4.69. The summed E-state index contributed by atoms with van der Waals surface area (Å²) < 4.78 is 0. The molecule has 0 spiro atoms. The van der Waals surface area contributed by atoms with Crippen molar-refractivity contribution >= 4 is 79.1 Å². The van der Waals surface area contributed by atoms with Crippen molar-refractivity contribution in [3.05, 3.63) is 116 Å². The van der Waals surface area contributed by atoms with Crippen LogP contribution in [0, 0.1) is 20.5 Å². The second kappa shape index (κ2) is 14.8. The molecule has 9 heteroatoms. The van der Waals surface area contributed by atoms with E-state index in [0.29, 0.717) is 0 Å². The molecule has 0 N–H and O–H groups in total. The minimum absolute atomic E-state index is 0. The van der Waals surface area contributed by atoms with Crippen LogP contribution in [0.5, 0.6) is 0 Å². The van der Waals surface area contributed by atoms with Gasteiger partial charge < -0.3 is 21.3 Å². The summed E-state index contributed by atoms with van der Waals surface area (Å²) in [6, 6.07) is 8.30. The van der Waals surface area contributed by atoms with Crippen molar-refractivity contribution in [2.24, 2.45) is 0 Å². The van der Waals surface area contributed by atoms with E-state index in [2.05, 4.69) is 102 Å². The maximum Gasteiger partial charge on any atom is 0 e. The quantitative estimate of drug-likeness (QED) is 0.411. The fraction of sp³-hybridized carbons (Fsp3) is 0. The van der Waals surface area contributed by atoms with Crippen molar-refractivity contribution in [3.63, 3.8) is 0 Å². The largest absolute Gasteiger partial charge is 0 e. The number of fused-ring (bicyclic) bond motifs is 6. The Morgan fingerprint density at radius 3 is 0.886 bits per heavy atom. The molecule has 0 aliphatic carbocycles. The van der Waals surface area contributed by atoms with Gasteiger partial charge in [0.15, 0.2) is 0 Å². The van der Waals surface area contributed by atoms with Crippen LogP contribution in [0.25, 0.3) is 45.6 Å². The van der Waals surface area contributed by atoms with Gasteiger partial charge >= 0.3 is 52.5 Å². The molecule has 0 aromatic heterocycles. The fourth-order valence-electron chi connectivity index (χ4n) is 3.36. The van der Waals surface area contributed by atoms with E-state index in [1.807, 2.05) is 24.3 Å². The van der Waals surface area contributed by atoms with E-state index < -0.39 is 0 Å². The second-order valence-corrected chi connectivity index (χ2v) is 7.38. The summed E-state index contributed by atoms with van der Waals surface area (Å²) in [7, 11) is 0. The van der Waals surface area contributed by atoms with Crippen LogP contribution in [0.15, 0.2) is 73.4 Å². The molecular weight excluding hydrogens is 618 g/mol. The third-order valence-corrected chi connectivity index (χ3v) is 4.69. The maximum atomic E-state index is 7.26. The van der Waals surface area contributed by atoms with Crippen molar-refractivity contribution in [2.45, 2.75) is 0 Å². The summed E-state index contributed by atoms with van der Waals surface area (Å²) in [6.07, 6.45) is 23.2. The second-order valence-electron chi connectivity index (χ2n) is 6.61. The van der Waals surface area contributed by atoms with E-state index in [4.69, 9.17) is 10.5 Å². The third kappa shape index (κ3) is 7.30. The number of hydrogen-bond donors (Lipinski definition) is 0. The number of nitriles is 2. The SMILES string of the molecule is C1=C[N-]c2c3c(ccc2=C1)=CC=C[N-]3.C1=C[N-]c2c3c(ccc2=C1)=CC=C[N-]3.N#C[Se-].N#C[Se-].[Cu]. The van der Waals surface area contributed by atoms with Crippen molar-refractivity contribution < 1.29 is 17.1 Å². The van der Waals surface area contributed by atoms with Crippen molar-refractivity contribution in [1.82, 2.24) is 0 Å². The Morgan fingerprint density at radius 2 is 0.686 bits per heavy atom. The van der Waals surface area contributed by atoms with Crippen molar-refractivity contribution in [3.8, 4) is 9.94 Å². The predicted molar refractivity (Wildman–Crippen MR) is 141 cm³/mol. The zero-order valence-electron chi connectivity index (χ0n) is 18.0. The topological polar surface area (TPSA) is 104 Å². The van der Waals surface area contributed by atoms with Crippen LogP contribution < -0.4 is 20.9 Å². The Hall–Kier alpha value is -3.38. The van der Waals surface area contributed by atoms with Gasteiger partial charge in [-0.25, -0.2) is 0 Å². The Balaban J connectivity index is 0.000000198. The monoisotopic (exact) mass is 635 g/mol. The number of allylic oxidation sites excluding steroid dienone is 4. The van der Waals surface area contributed by atoms with Gasteiger partial charge in [-0.2, -0.15) is 24.8 Å². The predicted octanol–water partition coefficient (Wildman–Crippen LogP) is 3.89. The summed E-state index contributed by atoms with van der Waals surface area (Å²) in [5.74, 6) is 0. The van der Waals surface area contributed by atoms with E-state index >= 15 is 0 Å². The number of hydrogen-bond acceptors (Lipinski definition) is 2. The maximum absolute atomic E-state index is 7.26. The molecule has 2 aromatic carbocycles. The molecule has 0 saturated heterocycles. The van der Waals surface area contributed by atoms with Crippen LogP contribution in [0.1, 0.15) is 0 Å². The van der Waals surface area contributed by atoms with Crippen molar-refractivity contribution in [1.29, 1.82) is 10.5 Å². The number of nitrogens with zero attached hydrogens (tertiary/aromatic N) is 6. The van der Waals surface area contributed by atoms with Gasteiger partial charge in [0, 0.05) is 17.1 Å². The van der Waals surface area contributed by atoms with Gasteiger partial charge in [0.2, 0.25) is 0 Å². The van der Waals surface area contributed by atoms with E-state index in [9.17, 15) is 0 Å². The van der Waals surface area contributed by atoms with Gasteiger partial charge in [0.05, 0.1) is 0 Å². The molecule has 179 valence electrons. The molecular formula is C26H16CuN6Se2-6. The van der Waals surface area contributed by atoms with E-state index in [1.165, 1.54) is 0 Å². The van der Waals surface area contributed by atoms with Crippen LogP contribution in [-0.2, 0) is 17.1 Å². The first-order chi connectivity index (χ1) is 16.7. The summed E-state index contributed by atoms with van der Waals surface area (Å²) in [4.78, 5) is 3.25. The van der Waals surface area contributed by atoms with Gasteiger partial charge in [0.1, 0.15) is 0 Å². The number of benzene rings is 2. The summed E-state index contributed by atoms with van der Waals surface area (Å²) in [5.41, 5.74) is 3.91. The molecule has 4 heterocycles. The molecule has 35 heavy (non-hydrogen) atoms. The average molecular weight is 634 g/mol. The minimum atomic E-state index is 0. The molecule has 0 atom stereocenters. The molecule has 4 aliphatic rings. The number of rotatable bonds is 0. The smallest absolute Gasteiger partial charge is 0 e. The molecule has 6 rings (SSSR count). The molecule has 4 aliphatic heterocycles. The molecule has 0 bridgehead atoms. The Kier molecular flexibility index (Phi) is 11.8. The minimum Gasteiger partial charge on any atom is 0 e. The van der Waals surface area contributed by atoms with Gasteiger partial charge in [0.25, 0.3) is 0 Å². The normalized spacial score (nSPS) is 12.7. The molecule has 1 radical (unpaired) electrons. The van der Waals surface area contributed by atoms with Crippen LogP contribution in [0.2, 0.25) is 0 Å². The Bertz CT molecular complexity index is 1290. The van der Waals surface area contributed by atoms with Crippen LogP contribution >= 0.6 is 0 Å². The standard InChI is InChI=1S/2C12H8N2.2CHNSe.Cu/c2*1-3-9-5-6-10-4-2-8-14-12(10)11(9)13-7-1;2*2-1-3;/h2*1-8H;2*3H;/q2*-2;;;/p-2. The fourth-order valence-corrected chi connectivity index (χ4v) is 3.36. The van der Waals surface area contributed by atoms with Gasteiger partial charge in [-0.15, -0.1) is 22.7 Å². The summed E-state index contributed by atoms with van der Waals surface area (Å²) >= 11 is 4.22. The van der Waals surface area contributed by atoms with Crippen LogP contribution in [0.4, 0.5) is 22.7 Å². The zero-order chi connectivity index (χ0) is 24.2. The molecule has 0 fully saturated rings.